The summed E-state index contributed by atoms with van der Waals surface area (Å²) in [5, 5.41) is 2.36. The number of rotatable bonds is 2. The van der Waals surface area contributed by atoms with Crippen molar-refractivity contribution in [3.63, 3.8) is 0 Å². The van der Waals surface area contributed by atoms with Gasteiger partial charge in [-0.25, -0.2) is 0 Å². The topological polar surface area (TPSA) is 72.2 Å². The second kappa shape index (κ2) is 6.05. The van der Waals surface area contributed by atoms with E-state index in [-0.39, 0.29) is 11.5 Å². The second-order valence-corrected chi connectivity index (χ2v) is 6.21. The Morgan fingerprint density at radius 3 is 2.87 bits per heavy atom. The van der Waals surface area contributed by atoms with Crippen LogP contribution in [0.25, 0.3) is 10.9 Å². The number of aromatic amines is 1. The molecular formula is C15H14N4O2S2. The number of hydrogen-bond donors (Lipinski definition) is 1. The summed E-state index contributed by atoms with van der Waals surface area (Å²) in [4.78, 5) is 32.3. The van der Waals surface area contributed by atoms with E-state index in [0.717, 1.165) is 0 Å². The van der Waals surface area contributed by atoms with Gasteiger partial charge in [-0.1, -0.05) is 0 Å². The van der Waals surface area contributed by atoms with Gasteiger partial charge in [0.15, 0.2) is 9.57 Å². The Balaban J connectivity index is 2.15. The Bertz CT molecular complexity index is 1090. The quantitative estimate of drug-likeness (QED) is 0.723. The summed E-state index contributed by atoms with van der Waals surface area (Å²) in [6.45, 7) is 2.35. The third kappa shape index (κ3) is 2.82. The van der Waals surface area contributed by atoms with Crippen LogP contribution in [0.1, 0.15) is 17.3 Å². The van der Waals surface area contributed by atoms with Crippen molar-refractivity contribution in [1.82, 2.24) is 14.1 Å². The van der Waals surface area contributed by atoms with Crippen LogP contribution in [0.3, 0.4) is 0 Å². The number of aryl methyl sites for hydroxylation is 1. The molecule has 1 amide bonds. The average Bonchev–Trinajstić information content (AvgIpc) is 2.92. The molecule has 0 aliphatic heterocycles. The molecule has 23 heavy (non-hydrogen) atoms. The van der Waals surface area contributed by atoms with Gasteiger partial charge in [0.2, 0.25) is 0 Å². The molecule has 2 aromatic heterocycles. The fourth-order valence-corrected chi connectivity index (χ4v) is 3.31. The maximum atomic E-state index is 12.3. The number of H-pyrrole nitrogens is 1. The first-order valence-corrected chi connectivity index (χ1v) is 8.26. The molecule has 3 rings (SSSR count). The van der Waals surface area contributed by atoms with Crippen LogP contribution in [0.2, 0.25) is 0 Å². The van der Waals surface area contributed by atoms with E-state index in [2.05, 4.69) is 9.98 Å². The van der Waals surface area contributed by atoms with Crippen molar-refractivity contribution in [3.8, 4) is 0 Å². The number of benzene rings is 1. The van der Waals surface area contributed by atoms with Crippen LogP contribution in [-0.2, 0) is 13.6 Å². The van der Waals surface area contributed by atoms with E-state index in [1.807, 2.05) is 25.5 Å². The number of carbonyl (C=O) groups excluding carboxylic acids is 1. The second-order valence-electron chi connectivity index (χ2n) is 4.95. The first kappa shape index (κ1) is 15.6. The first-order valence-electron chi connectivity index (χ1n) is 6.97. The van der Waals surface area contributed by atoms with Crippen molar-refractivity contribution in [2.24, 2.45) is 12.0 Å². The van der Waals surface area contributed by atoms with Crippen molar-refractivity contribution in [3.05, 3.63) is 55.3 Å². The highest BCUT2D eigenvalue weighted by molar-refractivity contribution is 7.71. The third-order valence-electron chi connectivity index (χ3n) is 3.50. The zero-order valence-corrected chi connectivity index (χ0v) is 14.2. The SMILES string of the molecule is CCn1c(=S)[nH]c2cc(C(=O)N=c3sccn3C)ccc2c1=O. The lowest BCUT2D eigenvalue weighted by Crippen LogP contribution is -2.21. The van der Waals surface area contributed by atoms with E-state index < -0.39 is 0 Å². The summed E-state index contributed by atoms with van der Waals surface area (Å²) in [7, 11) is 1.83. The predicted molar refractivity (Wildman–Crippen MR) is 92.3 cm³/mol. The zero-order chi connectivity index (χ0) is 16.6. The molecule has 3 aromatic rings. The number of hydrogen-bond acceptors (Lipinski definition) is 4. The number of nitrogens with one attached hydrogen (secondary N) is 1. The van der Waals surface area contributed by atoms with Crippen LogP contribution in [0.15, 0.2) is 39.6 Å². The number of fused-ring (bicyclic) bond motifs is 1. The van der Waals surface area contributed by atoms with Gasteiger partial charge in [-0.05, 0) is 37.3 Å². The van der Waals surface area contributed by atoms with Crippen molar-refractivity contribution < 1.29 is 4.79 Å². The summed E-state index contributed by atoms with van der Waals surface area (Å²) < 4.78 is 3.60. The van der Waals surface area contributed by atoms with Gasteiger partial charge in [0.1, 0.15) is 0 Å². The fraction of sp³-hybridized carbons (Fsp3) is 0.200. The highest BCUT2D eigenvalue weighted by atomic mass is 32.1. The van der Waals surface area contributed by atoms with E-state index in [0.29, 0.717) is 32.6 Å². The molecule has 0 saturated carbocycles. The average molecular weight is 346 g/mol. The summed E-state index contributed by atoms with van der Waals surface area (Å²) in [6, 6.07) is 4.86. The highest BCUT2D eigenvalue weighted by Crippen LogP contribution is 2.11. The molecule has 1 aromatic carbocycles. The Hall–Kier alpha value is -2.32. The minimum absolute atomic E-state index is 0.160. The minimum atomic E-state index is -0.357. The predicted octanol–water partition coefficient (Wildman–Crippen LogP) is 2.22. The van der Waals surface area contributed by atoms with Gasteiger partial charge in [0.05, 0.1) is 10.9 Å². The number of thiazole rings is 1. The van der Waals surface area contributed by atoms with Gasteiger partial charge in [0, 0.05) is 30.7 Å². The molecule has 0 unspecified atom stereocenters. The molecule has 2 heterocycles. The Kier molecular flexibility index (Phi) is 4.10. The van der Waals surface area contributed by atoms with Crippen molar-refractivity contribution in [2.75, 3.05) is 0 Å². The van der Waals surface area contributed by atoms with Crippen LogP contribution < -0.4 is 10.4 Å². The van der Waals surface area contributed by atoms with E-state index in [9.17, 15) is 9.59 Å². The van der Waals surface area contributed by atoms with E-state index >= 15 is 0 Å². The lowest BCUT2D eigenvalue weighted by molar-refractivity contribution is 0.0998. The summed E-state index contributed by atoms with van der Waals surface area (Å²) in [5.41, 5.74) is 0.790. The number of carbonyl (C=O) groups is 1. The Labute approximate surface area is 140 Å². The molecule has 0 fully saturated rings. The van der Waals surface area contributed by atoms with Gasteiger partial charge in [-0.15, -0.1) is 11.3 Å². The molecule has 8 heteroatoms. The molecule has 0 aliphatic rings. The van der Waals surface area contributed by atoms with E-state index in [1.54, 1.807) is 22.8 Å². The van der Waals surface area contributed by atoms with Gasteiger partial charge >= 0.3 is 0 Å². The van der Waals surface area contributed by atoms with Crippen molar-refractivity contribution in [2.45, 2.75) is 13.5 Å². The molecule has 0 aliphatic carbocycles. The molecule has 0 bridgehead atoms. The molecule has 0 radical (unpaired) electrons. The maximum Gasteiger partial charge on any atom is 0.279 e. The van der Waals surface area contributed by atoms with Crippen LogP contribution in [0.4, 0.5) is 0 Å². The third-order valence-corrected chi connectivity index (χ3v) is 4.67. The molecular weight excluding hydrogens is 332 g/mol. The fourth-order valence-electron chi connectivity index (χ4n) is 2.26. The summed E-state index contributed by atoms with van der Waals surface area (Å²) in [6.07, 6.45) is 1.83. The molecule has 1 N–H and O–H groups in total. The lowest BCUT2D eigenvalue weighted by atomic mass is 10.1. The van der Waals surface area contributed by atoms with Crippen LogP contribution in [0.5, 0.6) is 0 Å². The number of amides is 1. The van der Waals surface area contributed by atoms with Crippen molar-refractivity contribution >= 4 is 40.4 Å². The Morgan fingerprint density at radius 1 is 1.43 bits per heavy atom. The standard InChI is InChI=1S/C15H14N4O2S2/c1-3-19-13(21)10-5-4-9(8-11(10)16-14(19)22)12(20)17-15-18(2)6-7-23-15/h4-8H,3H2,1-2H3,(H,16,22). The molecule has 6 nitrogen and oxygen atoms in total. The minimum Gasteiger partial charge on any atom is -0.332 e. The lowest BCUT2D eigenvalue weighted by Gasteiger charge is -2.05. The largest absolute Gasteiger partial charge is 0.332 e. The number of aromatic nitrogens is 3. The first-order chi connectivity index (χ1) is 11.0. The van der Waals surface area contributed by atoms with Gasteiger partial charge in [-0.3, -0.25) is 14.2 Å². The van der Waals surface area contributed by atoms with Crippen LogP contribution in [0, 0.1) is 4.77 Å². The smallest absolute Gasteiger partial charge is 0.279 e. The van der Waals surface area contributed by atoms with E-state index in [1.165, 1.54) is 15.9 Å². The zero-order valence-electron chi connectivity index (χ0n) is 12.6. The molecule has 0 saturated heterocycles. The normalized spacial score (nSPS) is 12.0. The monoisotopic (exact) mass is 346 g/mol. The molecule has 118 valence electrons. The molecule has 0 atom stereocenters. The van der Waals surface area contributed by atoms with Crippen LogP contribution >= 0.6 is 23.6 Å². The summed E-state index contributed by atoms with van der Waals surface area (Å²) >= 11 is 6.57. The van der Waals surface area contributed by atoms with Crippen molar-refractivity contribution in [1.29, 1.82) is 0 Å². The highest BCUT2D eigenvalue weighted by Gasteiger charge is 2.09. The Morgan fingerprint density at radius 2 is 2.22 bits per heavy atom. The van der Waals surface area contributed by atoms with Gasteiger partial charge < -0.3 is 9.55 Å². The van der Waals surface area contributed by atoms with Crippen LogP contribution in [-0.4, -0.2) is 20.0 Å². The van der Waals surface area contributed by atoms with Gasteiger partial charge in [-0.2, -0.15) is 4.99 Å². The maximum absolute atomic E-state index is 12.3. The number of nitrogens with zero attached hydrogens (tertiary/aromatic N) is 3. The van der Waals surface area contributed by atoms with E-state index in [4.69, 9.17) is 12.2 Å². The molecule has 0 spiro atoms. The van der Waals surface area contributed by atoms with Gasteiger partial charge in [0.25, 0.3) is 11.5 Å². The summed E-state index contributed by atoms with van der Waals surface area (Å²) in [5.74, 6) is -0.357.